The van der Waals surface area contributed by atoms with E-state index in [0.717, 1.165) is 29.5 Å². The number of benzene rings is 1. The van der Waals surface area contributed by atoms with Crippen LogP contribution in [0.5, 0.6) is 0 Å². The van der Waals surface area contributed by atoms with E-state index in [4.69, 9.17) is 11.6 Å². The van der Waals surface area contributed by atoms with Gasteiger partial charge in [-0.1, -0.05) is 38.4 Å². The molecule has 0 radical (unpaired) electrons. The molecule has 4 heteroatoms. The summed E-state index contributed by atoms with van der Waals surface area (Å²) in [7, 11) is 0. The summed E-state index contributed by atoms with van der Waals surface area (Å²) in [5.74, 6) is 1.05. The molecule has 1 N–H and O–H groups in total. The first kappa shape index (κ1) is 14.1. The van der Waals surface area contributed by atoms with Crippen LogP contribution in [0.3, 0.4) is 0 Å². The van der Waals surface area contributed by atoms with Crippen LogP contribution in [-0.2, 0) is 13.0 Å². The van der Waals surface area contributed by atoms with Crippen LogP contribution in [0.1, 0.15) is 32.2 Å². The molecule has 0 amide bonds. The van der Waals surface area contributed by atoms with E-state index in [1.165, 1.54) is 5.56 Å². The van der Waals surface area contributed by atoms with Gasteiger partial charge in [-0.2, -0.15) is 0 Å². The number of hydrogen-bond acceptors (Lipinski definition) is 2. The normalized spacial score (nSPS) is 11.2. The second kappa shape index (κ2) is 6.22. The van der Waals surface area contributed by atoms with Crippen LogP contribution >= 0.6 is 11.6 Å². The second-order valence-corrected chi connectivity index (χ2v) is 5.31. The Bertz CT molecular complexity index is 546. The van der Waals surface area contributed by atoms with Crippen LogP contribution in [0.25, 0.3) is 5.69 Å². The number of aryl methyl sites for hydroxylation is 1. The molecule has 0 saturated heterocycles. The monoisotopic (exact) mass is 277 g/mol. The van der Waals surface area contributed by atoms with Crippen molar-refractivity contribution in [3.63, 3.8) is 0 Å². The molecule has 0 bridgehead atoms. The van der Waals surface area contributed by atoms with Crippen LogP contribution in [-0.4, -0.2) is 15.6 Å². The molecule has 0 aliphatic carbocycles. The molecule has 102 valence electrons. The van der Waals surface area contributed by atoms with E-state index in [-0.39, 0.29) is 0 Å². The lowest BCUT2D eigenvalue weighted by molar-refractivity contribution is 0.587. The van der Waals surface area contributed by atoms with Gasteiger partial charge in [0.1, 0.15) is 5.82 Å². The highest BCUT2D eigenvalue weighted by atomic mass is 35.5. The summed E-state index contributed by atoms with van der Waals surface area (Å²) in [4.78, 5) is 4.38. The summed E-state index contributed by atoms with van der Waals surface area (Å²) in [6.07, 6.45) is 4.72. The predicted molar refractivity (Wildman–Crippen MR) is 79.9 cm³/mol. The lowest BCUT2D eigenvalue weighted by Gasteiger charge is -2.15. The maximum atomic E-state index is 6.14. The SMILES string of the molecule is CCc1nccn1-c1cc(Cl)ccc1CNC(C)C. The number of nitrogens with zero attached hydrogens (tertiary/aromatic N) is 2. The molecule has 19 heavy (non-hydrogen) atoms. The zero-order valence-electron chi connectivity index (χ0n) is 11.7. The maximum absolute atomic E-state index is 6.14. The first-order valence-corrected chi connectivity index (χ1v) is 7.04. The summed E-state index contributed by atoms with van der Waals surface area (Å²) < 4.78 is 2.11. The minimum Gasteiger partial charge on any atom is -0.310 e. The molecule has 2 rings (SSSR count). The van der Waals surface area contributed by atoms with Gasteiger partial charge in [0.05, 0.1) is 5.69 Å². The lowest BCUT2D eigenvalue weighted by atomic mass is 10.1. The zero-order valence-corrected chi connectivity index (χ0v) is 12.4. The van der Waals surface area contributed by atoms with Crippen LogP contribution in [0, 0.1) is 0 Å². The summed E-state index contributed by atoms with van der Waals surface area (Å²) in [6.45, 7) is 7.22. The van der Waals surface area contributed by atoms with Gasteiger partial charge in [0.25, 0.3) is 0 Å². The Morgan fingerprint density at radius 1 is 1.37 bits per heavy atom. The third kappa shape index (κ3) is 3.37. The fourth-order valence-electron chi connectivity index (χ4n) is 2.04. The van der Waals surface area contributed by atoms with Gasteiger partial charge in [0.2, 0.25) is 0 Å². The maximum Gasteiger partial charge on any atom is 0.112 e. The first-order valence-electron chi connectivity index (χ1n) is 6.66. The topological polar surface area (TPSA) is 29.9 Å². The number of nitrogens with one attached hydrogen (secondary N) is 1. The average molecular weight is 278 g/mol. The first-order chi connectivity index (χ1) is 9.11. The minimum absolute atomic E-state index is 0.456. The fourth-order valence-corrected chi connectivity index (χ4v) is 2.21. The van der Waals surface area contributed by atoms with Gasteiger partial charge in [-0.15, -0.1) is 0 Å². The minimum atomic E-state index is 0.456. The third-order valence-corrected chi connectivity index (χ3v) is 3.28. The number of rotatable bonds is 5. The highest BCUT2D eigenvalue weighted by Crippen LogP contribution is 2.21. The van der Waals surface area contributed by atoms with E-state index >= 15 is 0 Å². The molecule has 0 spiro atoms. The number of hydrogen-bond donors (Lipinski definition) is 1. The molecule has 0 saturated carbocycles. The van der Waals surface area contributed by atoms with Crippen molar-refractivity contribution in [1.29, 1.82) is 0 Å². The van der Waals surface area contributed by atoms with Gasteiger partial charge >= 0.3 is 0 Å². The van der Waals surface area contributed by atoms with Gasteiger partial charge in [0.15, 0.2) is 0 Å². The van der Waals surface area contributed by atoms with Crippen LogP contribution in [0.4, 0.5) is 0 Å². The van der Waals surface area contributed by atoms with Crippen LogP contribution in [0.15, 0.2) is 30.6 Å². The van der Waals surface area contributed by atoms with E-state index in [0.29, 0.717) is 6.04 Å². The predicted octanol–water partition coefficient (Wildman–Crippen LogP) is 3.59. The van der Waals surface area contributed by atoms with Crippen molar-refractivity contribution in [2.45, 2.75) is 39.8 Å². The number of halogens is 1. The highest BCUT2D eigenvalue weighted by molar-refractivity contribution is 6.30. The van der Waals surface area contributed by atoms with Gasteiger partial charge in [-0.05, 0) is 17.7 Å². The Morgan fingerprint density at radius 3 is 2.84 bits per heavy atom. The van der Waals surface area contributed by atoms with Gasteiger partial charge in [-0.3, -0.25) is 0 Å². The van der Waals surface area contributed by atoms with Crippen molar-refractivity contribution in [2.75, 3.05) is 0 Å². The van der Waals surface area contributed by atoms with Crippen LogP contribution in [0.2, 0.25) is 5.02 Å². The third-order valence-electron chi connectivity index (χ3n) is 3.04. The molecule has 3 nitrogen and oxygen atoms in total. The van der Waals surface area contributed by atoms with Gasteiger partial charge < -0.3 is 9.88 Å². The van der Waals surface area contributed by atoms with E-state index in [9.17, 15) is 0 Å². The standard InChI is InChI=1S/C15H20ClN3/c1-4-15-17-7-8-19(15)14-9-13(16)6-5-12(14)10-18-11(2)3/h5-9,11,18H,4,10H2,1-3H3. The summed E-state index contributed by atoms with van der Waals surface area (Å²) in [5, 5.41) is 4.19. The highest BCUT2D eigenvalue weighted by Gasteiger charge is 2.09. The van der Waals surface area contributed by atoms with Crippen molar-refractivity contribution in [2.24, 2.45) is 0 Å². The molecule has 1 aromatic carbocycles. The molecular weight excluding hydrogens is 258 g/mol. The fraction of sp³-hybridized carbons (Fsp3) is 0.400. The van der Waals surface area contributed by atoms with Crippen LogP contribution < -0.4 is 5.32 Å². The van der Waals surface area contributed by atoms with Gasteiger partial charge in [0, 0.05) is 36.4 Å². The van der Waals surface area contributed by atoms with E-state index in [1.54, 1.807) is 0 Å². The Morgan fingerprint density at radius 2 is 2.16 bits per heavy atom. The largest absolute Gasteiger partial charge is 0.310 e. The van der Waals surface area contributed by atoms with Crippen molar-refractivity contribution < 1.29 is 0 Å². The molecule has 1 aromatic heterocycles. The summed E-state index contributed by atoms with van der Waals surface area (Å²) >= 11 is 6.14. The van der Waals surface area contributed by atoms with Gasteiger partial charge in [-0.25, -0.2) is 4.98 Å². The lowest BCUT2D eigenvalue weighted by Crippen LogP contribution is -2.22. The van der Waals surface area contributed by atoms with Crippen molar-refractivity contribution >= 4 is 11.6 Å². The molecule has 0 atom stereocenters. The Hall–Kier alpha value is -1.32. The number of imidazole rings is 1. The Labute approximate surface area is 119 Å². The Kier molecular flexibility index (Phi) is 4.61. The molecule has 0 unspecified atom stereocenters. The van der Waals surface area contributed by atoms with Crippen molar-refractivity contribution in [1.82, 2.24) is 14.9 Å². The number of aromatic nitrogens is 2. The Balaban J connectivity index is 2.40. The molecule has 0 fully saturated rings. The van der Waals surface area contributed by atoms with Crippen molar-refractivity contribution in [3.8, 4) is 5.69 Å². The van der Waals surface area contributed by atoms with E-state index in [1.807, 2.05) is 24.5 Å². The zero-order chi connectivity index (χ0) is 13.8. The quantitative estimate of drug-likeness (QED) is 0.905. The van der Waals surface area contributed by atoms with Crippen molar-refractivity contribution in [3.05, 3.63) is 47.0 Å². The van der Waals surface area contributed by atoms with E-state index < -0.39 is 0 Å². The molecule has 2 aromatic rings. The second-order valence-electron chi connectivity index (χ2n) is 4.88. The van der Waals surface area contributed by atoms with E-state index in [2.05, 4.69) is 41.7 Å². The smallest absolute Gasteiger partial charge is 0.112 e. The summed E-state index contributed by atoms with van der Waals surface area (Å²) in [6, 6.07) is 6.47. The molecule has 1 heterocycles. The summed E-state index contributed by atoms with van der Waals surface area (Å²) in [5.41, 5.74) is 2.33. The average Bonchev–Trinajstić information content (AvgIpc) is 2.85. The molecular formula is C15H20ClN3. The molecule has 0 aliphatic rings. The molecule has 0 aliphatic heterocycles.